The minimum Gasteiger partial charge on any atom is -0.480 e. The van der Waals surface area contributed by atoms with Crippen molar-refractivity contribution in [2.45, 2.75) is 40.0 Å². The Morgan fingerprint density at radius 2 is 1.62 bits per heavy atom. The zero-order valence-corrected chi connectivity index (χ0v) is 15.5. The van der Waals surface area contributed by atoms with Crippen LogP contribution in [0.1, 0.15) is 19.3 Å². The zero-order valence-electron chi connectivity index (χ0n) is 13.8. The van der Waals surface area contributed by atoms with Gasteiger partial charge in [-0.15, -0.1) is 0 Å². The first-order valence-electron chi connectivity index (χ1n) is 8.16. The van der Waals surface area contributed by atoms with E-state index in [0.29, 0.717) is 19.3 Å². The molecule has 0 amide bonds. The highest BCUT2D eigenvalue weighted by atomic mass is 32.2. The molecule has 1 unspecified atom stereocenters. The molecule has 8 heteroatoms. The molecule has 1 aliphatic heterocycles. The Labute approximate surface area is 155 Å². The van der Waals surface area contributed by atoms with Crippen molar-refractivity contribution in [1.29, 1.82) is 0 Å². The third-order valence-corrected chi connectivity index (χ3v) is 7.16. The molecule has 1 atom stereocenters. The summed E-state index contributed by atoms with van der Waals surface area (Å²) in [5, 5.41) is 9.31. The van der Waals surface area contributed by atoms with Crippen LogP contribution in [0.4, 0.5) is 4.39 Å². The molecular weight excluding hydrogens is 377 g/mol. The molecular formula is C18H18FNO4S2. The maximum absolute atomic E-state index is 13.0. The predicted octanol–water partition coefficient (Wildman–Crippen LogP) is 3.60. The van der Waals surface area contributed by atoms with Gasteiger partial charge in [-0.1, -0.05) is 11.8 Å². The lowest BCUT2D eigenvalue weighted by molar-refractivity contribution is -0.142. The Hall–Kier alpha value is -1.90. The van der Waals surface area contributed by atoms with Crippen LogP contribution in [-0.4, -0.2) is 36.4 Å². The van der Waals surface area contributed by atoms with E-state index < -0.39 is 22.0 Å². The average Bonchev–Trinajstić information content (AvgIpc) is 2.64. The van der Waals surface area contributed by atoms with Gasteiger partial charge in [0.25, 0.3) is 0 Å². The van der Waals surface area contributed by atoms with Crippen LogP contribution < -0.4 is 0 Å². The van der Waals surface area contributed by atoms with Crippen molar-refractivity contribution >= 4 is 27.8 Å². The van der Waals surface area contributed by atoms with Crippen molar-refractivity contribution in [3.8, 4) is 0 Å². The van der Waals surface area contributed by atoms with Gasteiger partial charge in [-0.25, -0.2) is 12.8 Å². The van der Waals surface area contributed by atoms with E-state index in [4.69, 9.17) is 0 Å². The minimum atomic E-state index is -3.86. The van der Waals surface area contributed by atoms with E-state index in [1.165, 1.54) is 36.0 Å². The number of piperidine rings is 1. The Morgan fingerprint density at radius 1 is 1.04 bits per heavy atom. The fraction of sp³-hybridized carbons (Fsp3) is 0.278. The van der Waals surface area contributed by atoms with Crippen LogP contribution in [0.25, 0.3) is 0 Å². The number of carboxylic acids is 1. The monoisotopic (exact) mass is 395 g/mol. The SMILES string of the molecule is O=C(O)C1CCCCN1S(=O)(=O)c1ccc(Sc2ccc(F)cc2)cc1. The van der Waals surface area contributed by atoms with Crippen LogP contribution in [0.2, 0.25) is 0 Å². The van der Waals surface area contributed by atoms with E-state index in [-0.39, 0.29) is 17.3 Å². The van der Waals surface area contributed by atoms with Crippen molar-refractivity contribution in [3.05, 3.63) is 54.3 Å². The minimum absolute atomic E-state index is 0.0779. The molecule has 1 saturated heterocycles. The molecule has 1 fully saturated rings. The fourth-order valence-corrected chi connectivity index (χ4v) is 5.36. The number of carboxylic acid groups (broad SMARTS) is 1. The first-order chi connectivity index (χ1) is 12.4. The molecule has 1 heterocycles. The van der Waals surface area contributed by atoms with Crippen molar-refractivity contribution in [3.63, 3.8) is 0 Å². The highest BCUT2D eigenvalue weighted by Crippen LogP contribution is 2.30. The number of sulfonamides is 1. The summed E-state index contributed by atoms with van der Waals surface area (Å²) in [6, 6.07) is 11.3. The first kappa shape index (κ1) is 18.9. The molecule has 0 spiro atoms. The van der Waals surface area contributed by atoms with Gasteiger partial charge in [-0.2, -0.15) is 4.31 Å². The summed E-state index contributed by atoms with van der Waals surface area (Å²) in [5.74, 6) is -1.43. The van der Waals surface area contributed by atoms with Gasteiger partial charge < -0.3 is 5.11 Å². The summed E-state index contributed by atoms with van der Waals surface area (Å²) in [6.45, 7) is 0.214. The van der Waals surface area contributed by atoms with Gasteiger partial charge in [0.05, 0.1) is 4.90 Å². The van der Waals surface area contributed by atoms with Gasteiger partial charge >= 0.3 is 5.97 Å². The Kier molecular flexibility index (Phi) is 5.64. The van der Waals surface area contributed by atoms with E-state index in [2.05, 4.69) is 0 Å². The summed E-state index contributed by atoms with van der Waals surface area (Å²) in [4.78, 5) is 13.1. The molecule has 2 aromatic rings. The Bertz CT molecular complexity index is 882. The summed E-state index contributed by atoms with van der Waals surface area (Å²) < 4.78 is 39.7. The van der Waals surface area contributed by atoms with Crippen molar-refractivity contribution in [2.24, 2.45) is 0 Å². The second kappa shape index (κ2) is 7.77. The number of rotatable bonds is 5. The predicted molar refractivity (Wildman–Crippen MR) is 96.1 cm³/mol. The molecule has 0 saturated carbocycles. The van der Waals surface area contributed by atoms with Crippen molar-refractivity contribution in [1.82, 2.24) is 4.31 Å². The van der Waals surface area contributed by atoms with Crippen LogP contribution >= 0.6 is 11.8 Å². The molecule has 0 aliphatic carbocycles. The summed E-state index contributed by atoms with van der Waals surface area (Å²) in [7, 11) is -3.86. The van der Waals surface area contributed by atoms with Gasteiger partial charge in [0.2, 0.25) is 10.0 Å². The molecule has 2 aromatic carbocycles. The number of hydrogen-bond acceptors (Lipinski definition) is 4. The molecule has 138 valence electrons. The van der Waals surface area contributed by atoms with Gasteiger partial charge in [-0.3, -0.25) is 4.79 Å². The summed E-state index contributed by atoms with van der Waals surface area (Å²) in [6.07, 6.45) is 1.69. The smallest absolute Gasteiger partial charge is 0.322 e. The molecule has 0 aromatic heterocycles. The van der Waals surface area contributed by atoms with E-state index in [1.807, 2.05) is 0 Å². The third-order valence-electron chi connectivity index (χ3n) is 4.22. The Morgan fingerprint density at radius 3 is 2.19 bits per heavy atom. The highest BCUT2D eigenvalue weighted by Gasteiger charge is 2.37. The summed E-state index contributed by atoms with van der Waals surface area (Å²) >= 11 is 1.39. The van der Waals surface area contributed by atoms with Crippen molar-refractivity contribution < 1.29 is 22.7 Å². The van der Waals surface area contributed by atoms with E-state index in [1.54, 1.807) is 24.3 Å². The number of nitrogens with zero attached hydrogens (tertiary/aromatic N) is 1. The van der Waals surface area contributed by atoms with Crippen LogP contribution in [0.15, 0.2) is 63.2 Å². The maximum atomic E-state index is 13.0. The average molecular weight is 395 g/mol. The van der Waals surface area contributed by atoms with Crippen LogP contribution in [0.3, 0.4) is 0 Å². The summed E-state index contributed by atoms with van der Waals surface area (Å²) in [5.41, 5.74) is 0. The lowest BCUT2D eigenvalue weighted by Gasteiger charge is -2.31. The van der Waals surface area contributed by atoms with E-state index >= 15 is 0 Å². The fourth-order valence-electron chi connectivity index (χ4n) is 2.89. The number of carbonyl (C=O) groups is 1. The molecule has 1 aliphatic rings. The highest BCUT2D eigenvalue weighted by molar-refractivity contribution is 7.99. The molecule has 3 rings (SSSR count). The van der Waals surface area contributed by atoms with Gasteiger partial charge in [0, 0.05) is 16.3 Å². The van der Waals surface area contributed by atoms with Crippen LogP contribution in [-0.2, 0) is 14.8 Å². The molecule has 0 bridgehead atoms. The van der Waals surface area contributed by atoms with Crippen LogP contribution in [0.5, 0.6) is 0 Å². The third kappa shape index (κ3) is 4.08. The largest absolute Gasteiger partial charge is 0.480 e. The van der Waals surface area contributed by atoms with Crippen molar-refractivity contribution in [2.75, 3.05) is 6.54 Å². The zero-order chi connectivity index (χ0) is 18.7. The molecule has 26 heavy (non-hydrogen) atoms. The normalized spacial score (nSPS) is 18.6. The Balaban J connectivity index is 1.80. The second-order valence-electron chi connectivity index (χ2n) is 5.99. The molecule has 1 N–H and O–H groups in total. The van der Waals surface area contributed by atoms with Gasteiger partial charge in [-0.05, 0) is 67.8 Å². The van der Waals surface area contributed by atoms with E-state index in [0.717, 1.165) is 14.1 Å². The topological polar surface area (TPSA) is 74.7 Å². The lowest BCUT2D eigenvalue weighted by Crippen LogP contribution is -2.47. The standard InChI is InChI=1S/C18H18FNO4S2/c19-13-4-6-14(7-5-13)25-15-8-10-16(11-9-15)26(23,24)20-12-2-1-3-17(20)18(21)22/h4-11,17H,1-3,12H2,(H,21,22). The molecule has 0 radical (unpaired) electrons. The molecule has 5 nitrogen and oxygen atoms in total. The number of hydrogen-bond donors (Lipinski definition) is 1. The maximum Gasteiger partial charge on any atom is 0.322 e. The van der Waals surface area contributed by atoms with Gasteiger partial charge in [0.1, 0.15) is 11.9 Å². The van der Waals surface area contributed by atoms with E-state index in [9.17, 15) is 22.7 Å². The number of benzene rings is 2. The quantitative estimate of drug-likeness (QED) is 0.837. The lowest BCUT2D eigenvalue weighted by atomic mass is 10.1. The van der Waals surface area contributed by atoms with Gasteiger partial charge in [0.15, 0.2) is 0 Å². The number of halogens is 1. The van der Waals surface area contributed by atoms with Crippen LogP contribution in [0, 0.1) is 5.82 Å². The number of aliphatic carboxylic acids is 1. The second-order valence-corrected chi connectivity index (χ2v) is 9.03. The first-order valence-corrected chi connectivity index (χ1v) is 10.4.